The van der Waals surface area contributed by atoms with E-state index < -0.39 is 23.6 Å². The summed E-state index contributed by atoms with van der Waals surface area (Å²) in [6.45, 7) is 1.18. The summed E-state index contributed by atoms with van der Waals surface area (Å²) in [7, 11) is 1.33. The lowest BCUT2D eigenvalue weighted by Gasteiger charge is -2.12. The highest BCUT2D eigenvalue weighted by Crippen LogP contribution is 2.33. The molecule has 0 spiro atoms. The van der Waals surface area contributed by atoms with Gasteiger partial charge in [0.05, 0.1) is 19.2 Å². The van der Waals surface area contributed by atoms with Crippen LogP contribution in [0.1, 0.15) is 37.9 Å². The van der Waals surface area contributed by atoms with Gasteiger partial charge in [-0.3, -0.25) is 9.59 Å². The van der Waals surface area contributed by atoms with E-state index in [2.05, 4.69) is 25.8 Å². The van der Waals surface area contributed by atoms with Gasteiger partial charge in [-0.15, -0.1) is 0 Å². The van der Waals surface area contributed by atoms with E-state index in [4.69, 9.17) is 20.9 Å². The van der Waals surface area contributed by atoms with E-state index in [0.29, 0.717) is 0 Å². The number of aryl methyl sites for hydroxylation is 1. The minimum Gasteiger partial charge on any atom is -0.480 e. The van der Waals surface area contributed by atoms with Crippen LogP contribution in [0.15, 0.2) is 35.1 Å². The Kier molecular flexibility index (Phi) is 6.63. The van der Waals surface area contributed by atoms with Gasteiger partial charge in [0.1, 0.15) is 17.0 Å². The molecular formula is C19H15ClF3N5O4. The summed E-state index contributed by atoms with van der Waals surface area (Å²) in [4.78, 5) is 32.1. The molecule has 0 aliphatic rings. The maximum absolute atomic E-state index is 13.0. The molecule has 32 heavy (non-hydrogen) atoms. The lowest BCUT2D eigenvalue weighted by molar-refractivity contribution is -0.138. The van der Waals surface area contributed by atoms with Crippen molar-refractivity contribution in [3.8, 4) is 5.88 Å². The third-order valence-electron chi connectivity index (χ3n) is 4.18. The standard InChI is InChI=1S/C19H15ClF3N5O4/c1-9-3-4-10(5-12(9)19(21,22)23)27-16(29)13-6-11(28-32-13)7-24-17(30)15-14(20)18(31-2)26-8-25-15/h3-6,8H,7H2,1-2H3,(H,24,30)(H,27,29). The summed E-state index contributed by atoms with van der Waals surface area (Å²) in [5, 5.41) is 8.38. The number of hydrogen-bond donors (Lipinski definition) is 2. The van der Waals surface area contributed by atoms with Crippen LogP contribution < -0.4 is 15.4 Å². The van der Waals surface area contributed by atoms with Gasteiger partial charge in [-0.1, -0.05) is 22.8 Å². The summed E-state index contributed by atoms with van der Waals surface area (Å²) < 4.78 is 48.9. The van der Waals surface area contributed by atoms with Crippen molar-refractivity contribution in [1.82, 2.24) is 20.4 Å². The summed E-state index contributed by atoms with van der Waals surface area (Å²) in [5.41, 5.74) is -0.849. The highest BCUT2D eigenvalue weighted by molar-refractivity contribution is 6.34. The number of nitrogens with zero attached hydrogens (tertiary/aromatic N) is 3. The molecule has 2 aromatic heterocycles. The van der Waals surface area contributed by atoms with Crippen molar-refractivity contribution >= 4 is 29.1 Å². The molecule has 0 fully saturated rings. The second-order valence-corrected chi connectivity index (χ2v) is 6.77. The van der Waals surface area contributed by atoms with Gasteiger partial charge in [-0.25, -0.2) is 9.97 Å². The zero-order valence-corrected chi connectivity index (χ0v) is 17.3. The van der Waals surface area contributed by atoms with Crippen molar-refractivity contribution in [2.24, 2.45) is 0 Å². The fourth-order valence-corrected chi connectivity index (χ4v) is 2.87. The van der Waals surface area contributed by atoms with Crippen LogP contribution in [0.2, 0.25) is 5.02 Å². The molecule has 0 saturated carbocycles. The van der Waals surface area contributed by atoms with Crippen LogP contribution >= 0.6 is 11.6 Å². The zero-order chi connectivity index (χ0) is 23.5. The van der Waals surface area contributed by atoms with Crippen LogP contribution in [0.5, 0.6) is 5.88 Å². The number of methoxy groups -OCH3 is 1. The quantitative estimate of drug-likeness (QED) is 0.565. The van der Waals surface area contributed by atoms with Crippen molar-refractivity contribution < 1.29 is 32.0 Å². The van der Waals surface area contributed by atoms with E-state index >= 15 is 0 Å². The van der Waals surface area contributed by atoms with Crippen LogP contribution in [0.4, 0.5) is 18.9 Å². The number of ether oxygens (including phenoxy) is 1. The monoisotopic (exact) mass is 469 g/mol. The first-order chi connectivity index (χ1) is 15.1. The van der Waals surface area contributed by atoms with E-state index in [9.17, 15) is 22.8 Å². The van der Waals surface area contributed by atoms with E-state index in [1.54, 1.807) is 0 Å². The molecule has 3 rings (SSSR count). The number of amides is 2. The number of rotatable bonds is 6. The Labute approximate surface area is 183 Å². The van der Waals surface area contributed by atoms with Crippen LogP contribution in [-0.2, 0) is 12.7 Å². The third kappa shape index (κ3) is 5.14. The molecule has 3 aromatic rings. The van der Waals surface area contributed by atoms with Gasteiger partial charge in [0.25, 0.3) is 11.8 Å². The van der Waals surface area contributed by atoms with Crippen LogP contribution in [-0.4, -0.2) is 34.0 Å². The molecule has 0 aliphatic carbocycles. The summed E-state index contributed by atoms with van der Waals surface area (Å²) >= 11 is 5.99. The molecule has 2 amide bonds. The zero-order valence-electron chi connectivity index (χ0n) is 16.6. The second kappa shape index (κ2) is 9.22. The van der Waals surface area contributed by atoms with Gasteiger partial charge >= 0.3 is 6.18 Å². The van der Waals surface area contributed by atoms with Crippen molar-refractivity contribution in [3.63, 3.8) is 0 Å². The minimum atomic E-state index is -4.56. The number of nitrogens with one attached hydrogen (secondary N) is 2. The Balaban J connectivity index is 1.65. The first-order valence-electron chi connectivity index (χ1n) is 8.87. The van der Waals surface area contributed by atoms with Crippen molar-refractivity contribution in [2.45, 2.75) is 19.6 Å². The molecule has 13 heteroatoms. The smallest absolute Gasteiger partial charge is 0.416 e. The van der Waals surface area contributed by atoms with Crippen LogP contribution in [0.25, 0.3) is 0 Å². The highest BCUT2D eigenvalue weighted by Gasteiger charge is 2.32. The Morgan fingerprint density at radius 3 is 2.62 bits per heavy atom. The molecule has 9 nitrogen and oxygen atoms in total. The molecular weight excluding hydrogens is 455 g/mol. The lowest BCUT2D eigenvalue weighted by Crippen LogP contribution is -2.24. The fraction of sp³-hybridized carbons (Fsp3) is 0.211. The highest BCUT2D eigenvalue weighted by atomic mass is 35.5. The number of carbonyl (C=O) groups is 2. The van der Waals surface area contributed by atoms with Crippen LogP contribution in [0, 0.1) is 6.92 Å². The first kappa shape index (κ1) is 23.0. The van der Waals surface area contributed by atoms with Gasteiger partial charge in [-0.2, -0.15) is 13.2 Å². The number of halogens is 4. The fourth-order valence-electron chi connectivity index (χ4n) is 2.61. The Morgan fingerprint density at radius 1 is 1.19 bits per heavy atom. The van der Waals surface area contributed by atoms with E-state index in [1.807, 2.05) is 0 Å². The number of carbonyl (C=O) groups excluding carboxylic acids is 2. The summed E-state index contributed by atoms with van der Waals surface area (Å²) in [6, 6.07) is 4.63. The third-order valence-corrected chi connectivity index (χ3v) is 4.52. The van der Waals surface area contributed by atoms with Crippen molar-refractivity contribution in [1.29, 1.82) is 0 Å². The predicted octanol–water partition coefficient (Wildman–Crippen LogP) is 3.64. The Bertz CT molecular complexity index is 1170. The molecule has 168 valence electrons. The second-order valence-electron chi connectivity index (χ2n) is 6.39. The molecule has 0 bridgehead atoms. The average Bonchev–Trinajstić information content (AvgIpc) is 3.22. The normalized spacial score (nSPS) is 11.2. The number of aromatic nitrogens is 3. The topological polar surface area (TPSA) is 119 Å². The molecule has 2 N–H and O–H groups in total. The van der Waals surface area contributed by atoms with Gasteiger partial charge < -0.3 is 19.9 Å². The average molecular weight is 470 g/mol. The largest absolute Gasteiger partial charge is 0.480 e. The molecule has 2 heterocycles. The lowest BCUT2D eigenvalue weighted by atomic mass is 10.1. The number of benzene rings is 1. The first-order valence-corrected chi connectivity index (χ1v) is 9.25. The predicted molar refractivity (Wildman–Crippen MR) is 105 cm³/mol. The van der Waals surface area contributed by atoms with E-state index in [-0.39, 0.29) is 45.8 Å². The maximum Gasteiger partial charge on any atom is 0.416 e. The number of alkyl halides is 3. The van der Waals surface area contributed by atoms with Crippen molar-refractivity contribution in [3.05, 3.63) is 63.9 Å². The molecule has 0 unspecified atom stereocenters. The molecule has 0 saturated heterocycles. The van der Waals surface area contributed by atoms with E-state index in [1.165, 1.54) is 32.2 Å². The number of hydrogen-bond acceptors (Lipinski definition) is 7. The molecule has 0 radical (unpaired) electrons. The Hall–Kier alpha value is -3.67. The Morgan fingerprint density at radius 2 is 1.94 bits per heavy atom. The van der Waals surface area contributed by atoms with E-state index in [0.717, 1.165) is 12.4 Å². The summed E-state index contributed by atoms with van der Waals surface area (Å²) in [5.74, 6) is -1.69. The number of anilines is 1. The van der Waals surface area contributed by atoms with Gasteiger partial charge in [0.2, 0.25) is 11.6 Å². The molecule has 1 aromatic carbocycles. The van der Waals surface area contributed by atoms with Gasteiger partial charge in [0, 0.05) is 11.8 Å². The SMILES string of the molecule is COc1ncnc(C(=O)NCc2cc(C(=O)Nc3ccc(C)c(C(F)(F)F)c3)on2)c1Cl. The van der Waals surface area contributed by atoms with Crippen molar-refractivity contribution in [2.75, 3.05) is 12.4 Å². The maximum atomic E-state index is 13.0. The minimum absolute atomic E-state index is 0.0228. The van der Waals surface area contributed by atoms with Crippen LogP contribution in [0.3, 0.4) is 0 Å². The van der Waals surface area contributed by atoms with Gasteiger partial charge in [-0.05, 0) is 24.6 Å². The summed E-state index contributed by atoms with van der Waals surface area (Å²) in [6.07, 6.45) is -3.45. The molecule has 0 atom stereocenters. The molecule has 0 aliphatic heterocycles. The van der Waals surface area contributed by atoms with Gasteiger partial charge in [0.15, 0.2) is 5.69 Å².